The van der Waals surface area contributed by atoms with Crippen LogP contribution in [-0.4, -0.2) is 38.8 Å². The summed E-state index contributed by atoms with van der Waals surface area (Å²) in [7, 11) is 3.87. The van der Waals surface area contributed by atoms with Gasteiger partial charge in [0, 0.05) is 26.3 Å². The first-order valence-electron chi connectivity index (χ1n) is 6.22. The van der Waals surface area contributed by atoms with E-state index in [2.05, 4.69) is 24.1 Å². The van der Waals surface area contributed by atoms with Crippen molar-refractivity contribution in [1.29, 1.82) is 0 Å². The predicted octanol–water partition coefficient (Wildman–Crippen LogP) is 2.04. The van der Waals surface area contributed by atoms with Crippen LogP contribution in [0.15, 0.2) is 30.3 Å². The van der Waals surface area contributed by atoms with Gasteiger partial charge < -0.3 is 15.4 Å². The summed E-state index contributed by atoms with van der Waals surface area (Å²) in [5.74, 6) is 0. The van der Waals surface area contributed by atoms with Crippen molar-refractivity contribution >= 4 is 0 Å². The van der Waals surface area contributed by atoms with Gasteiger partial charge in [0.05, 0.1) is 0 Å². The number of ether oxygens (including phenoxy) is 1. The van der Waals surface area contributed by atoms with Crippen molar-refractivity contribution in [3.05, 3.63) is 35.9 Å². The van der Waals surface area contributed by atoms with Crippen LogP contribution in [-0.2, 0) is 4.74 Å². The van der Waals surface area contributed by atoms with E-state index in [9.17, 15) is 0 Å². The lowest BCUT2D eigenvalue weighted by Gasteiger charge is -2.19. The minimum atomic E-state index is 0.140. The average Bonchev–Trinajstić information content (AvgIpc) is 2.37. The lowest BCUT2D eigenvalue weighted by atomic mass is 10.0. The molecule has 0 saturated carbocycles. The fourth-order valence-electron chi connectivity index (χ4n) is 1.82. The molecule has 96 valence electrons. The largest absolute Gasteiger partial charge is 0.385 e. The van der Waals surface area contributed by atoms with E-state index in [4.69, 9.17) is 10.5 Å². The maximum Gasteiger partial charge on any atom is 0.0474 e. The minimum Gasteiger partial charge on any atom is -0.385 e. The molecule has 0 aliphatic rings. The number of benzene rings is 1. The Morgan fingerprint density at radius 3 is 2.59 bits per heavy atom. The van der Waals surface area contributed by atoms with Gasteiger partial charge in [0.2, 0.25) is 0 Å². The molecule has 1 rings (SSSR count). The normalized spacial score (nSPS) is 12.9. The van der Waals surface area contributed by atoms with Crippen molar-refractivity contribution in [2.45, 2.75) is 18.9 Å². The second-order valence-electron chi connectivity index (χ2n) is 4.46. The molecular weight excluding hydrogens is 212 g/mol. The summed E-state index contributed by atoms with van der Waals surface area (Å²) in [5.41, 5.74) is 7.37. The number of rotatable bonds is 8. The van der Waals surface area contributed by atoms with E-state index in [1.54, 1.807) is 7.11 Å². The van der Waals surface area contributed by atoms with Crippen LogP contribution in [0.3, 0.4) is 0 Å². The van der Waals surface area contributed by atoms with Crippen molar-refractivity contribution < 1.29 is 4.74 Å². The molecule has 3 nitrogen and oxygen atoms in total. The zero-order chi connectivity index (χ0) is 12.5. The highest BCUT2D eigenvalue weighted by atomic mass is 16.5. The fourth-order valence-corrected chi connectivity index (χ4v) is 1.82. The quantitative estimate of drug-likeness (QED) is 0.702. The van der Waals surface area contributed by atoms with Crippen LogP contribution in [0.5, 0.6) is 0 Å². The van der Waals surface area contributed by atoms with Gasteiger partial charge in [-0.1, -0.05) is 30.3 Å². The molecule has 1 atom stereocenters. The first kappa shape index (κ1) is 14.2. The maximum absolute atomic E-state index is 6.15. The summed E-state index contributed by atoms with van der Waals surface area (Å²) in [6.45, 7) is 2.92. The smallest absolute Gasteiger partial charge is 0.0474 e. The highest BCUT2D eigenvalue weighted by Gasteiger charge is 2.06. The highest BCUT2D eigenvalue weighted by molar-refractivity contribution is 5.18. The number of nitrogens with zero attached hydrogens (tertiary/aromatic N) is 1. The van der Waals surface area contributed by atoms with Gasteiger partial charge in [-0.3, -0.25) is 0 Å². The monoisotopic (exact) mass is 236 g/mol. The van der Waals surface area contributed by atoms with Gasteiger partial charge >= 0.3 is 0 Å². The van der Waals surface area contributed by atoms with Crippen LogP contribution in [0.1, 0.15) is 24.4 Å². The molecule has 0 radical (unpaired) electrons. The van der Waals surface area contributed by atoms with E-state index in [-0.39, 0.29) is 6.04 Å². The number of hydrogen-bond donors (Lipinski definition) is 1. The van der Waals surface area contributed by atoms with Crippen LogP contribution in [0.25, 0.3) is 0 Å². The summed E-state index contributed by atoms with van der Waals surface area (Å²) in [4.78, 5) is 2.31. The van der Waals surface area contributed by atoms with Gasteiger partial charge in [0.25, 0.3) is 0 Å². The number of nitrogens with two attached hydrogens (primary N) is 1. The van der Waals surface area contributed by atoms with Crippen molar-refractivity contribution in [2.75, 3.05) is 33.9 Å². The van der Waals surface area contributed by atoms with Gasteiger partial charge in [0.1, 0.15) is 0 Å². The lowest BCUT2D eigenvalue weighted by Crippen LogP contribution is -2.25. The Hall–Kier alpha value is -0.900. The van der Waals surface area contributed by atoms with Crippen LogP contribution in [0.4, 0.5) is 0 Å². The Balaban J connectivity index is 2.21. The molecule has 0 heterocycles. The summed E-state index contributed by atoms with van der Waals surface area (Å²) in [6.07, 6.45) is 2.07. The molecule has 17 heavy (non-hydrogen) atoms. The Morgan fingerprint density at radius 2 is 1.94 bits per heavy atom. The topological polar surface area (TPSA) is 38.5 Å². The van der Waals surface area contributed by atoms with E-state index in [0.717, 1.165) is 32.5 Å². The van der Waals surface area contributed by atoms with Gasteiger partial charge in [-0.25, -0.2) is 0 Å². The lowest BCUT2D eigenvalue weighted by molar-refractivity contribution is 0.178. The molecule has 0 fully saturated rings. The molecule has 0 saturated heterocycles. The van der Waals surface area contributed by atoms with Crippen molar-refractivity contribution in [3.63, 3.8) is 0 Å². The summed E-state index contributed by atoms with van der Waals surface area (Å²) < 4.78 is 5.04. The highest BCUT2D eigenvalue weighted by Crippen LogP contribution is 2.13. The van der Waals surface area contributed by atoms with Crippen LogP contribution in [0.2, 0.25) is 0 Å². The third kappa shape index (κ3) is 5.82. The second kappa shape index (κ2) is 8.23. The predicted molar refractivity (Wildman–Crippen MR) is 72.0 cm³/mol. The number of methoxy groups -OCH3 is 1. The molecule has 0 amide bonds. The molecule has 1 aromatic rings. The van der Waals surface area contributed by atoms with Crippen LogP contribution < -0.4 is 5.73 Å². The first-order chi connectivity index (χ1) is 8.24. The van der Waals surface area contributed by atoms with Gasteiger partial charge in [0.15, 0.2) is 0 Å². The minimum absolute atomic E-state index is 0.140. The van der Waals surface area contributed by atoms with Crippen LogP contribution >= 0.6 is 0 Å². The molecule has 0 aromatic heterocycles. The molecule has 1 aromatic carbocycles. The van der Waals surface area contributed by atoms with E-state index >= 15 is 0 Å². The van der Waals surface area contributed by atoms with Crippen molar-refractivity contribution in [2.24, 2.45) is 5.73 Å². The van der Waals surface area contributed by atoms with Crippen molar-refractivity contribution in [1.82, 2.24) is 4.90 Å². The SMILES string of the molecule is COCCCN(C)CCC(N)c1ccccc1. The summed E-state index contributed by atoms with van der Waals surface area (Å²) in [6, 6.07) is 10.4. The Bertz CT molecular complexity index is 290. The maximum atomic E-state index is 6.15. The molecule has 0 aliphatic carbocycles. The molecular formula is C14H24N2O. The van der Waals surface area contributed by atoms with E-state index in [1.165, 1.54) is 5.56 Å². The Kier molecular flexibility index (Phi) is 6.86. The van der Waals surface area contributed by atoms with Crippen molar-refractivity contribution in [3.8, 4) is 0 Å². The standard InChI is InChI=1S/C14H24N2O/c1-16(10-6-12-17-2)11-9-14(15)13-7-4-3-5-8-13/h3-5,7-8,14H,6,9-12,15H2,1-2H3. The number of hydrogen-bond acceptors (Lipinski definition) is 3. The van der Waals surface area contributed by atoms with E-state index < -0.39 is 0 Å². The molecule has 2 N–H and O–H groups in total. The zero-order valence-electron chi connectivity index (χ0n) is 10.9. The third-order valence-electron chi connectivity index (χ3n) is 2.94. The molecule has 0 aliphatic heterocycles. The Labute approximate surface area is 105 Å². The first-order valence-corrected chi connectivity index (χ1v) is 6.22. The van der Waals surface area contributed by atoms with Gasteiger partial charge in [-0.15, -0.1) is 0 Å². The molecule has 3 heteroatoms. The van der Waals surface area contributed by atoms with Gasteiger partial charge in [-0.05, 0) is 32.0 Å². The molecule has 0 bridgehead atoms. The third-order valence-corrected chi connectivity index (χ3v) is 2.94. The average molecular weight is 236 g/mol. The fraction of sp³-hybridized carbons (Fsp3) is 0.571. The van der Waals surface area contributed by atoms with E-state index in [0.29, 0.717) is 0 Å². The summed E-state index contributed by atoms with van der Waals surface area (Å²) >= 11 is 0. The zero-order valence-corrected chi connectivity index (χ0v) is 10.9. The van der Waals surface area contributed by atoms with E-state index in [1.807, 2.05) is 18.2 Å². The molecule has 0 spiro atoms. The Morgan fingerprint density at radius 1 is 1.24 bits per heavy atom. The van der Waals surface area contributed by atoms with Crippen LogP contribution in [0, 0.1) is 0 Å². The molecule has 1 unspecified atom stereocenters. The summed E-state index contributed by atoms with van der Waals surface area (Å²) in [5, 5.41) is 0. The second-order valence-corrected chi connectivity index (χ2v) is 4.46. The van der Waals surface area contributed by atoms with Gasteiger partial charge in [-0.2, -0.15) is 0 Å².